The highest BCUT2D eigenvalue weighted by Gasteiger charge is 2.37. The molecule has 0 saturated carbocycles. The number of hydrogen-bond acceptors (Lipinski definition) is 2. The van der Waals surface area contributed by atoms with Crippen molar-refractivity contribution in [2.45, 2.75) is 18.6 Å². The highest BCUT2D eigenvalue weighted by Crippen LogP contribution is 2.40. The fraction of sp³-hybridized carbons (Fsp3) is 0.400. The van der Waals surface area contributed by atoms with Crippen LogP contribution in [0.2, 0.25) is 0 Å². The fourth-order valence-electron chi connectivity index (χ4n) is 1.67. The fourth-order valence-corrected chi connectivity index (χ4v) is 1.67. The highest BCUT2D eigenvalue weighted by molar-refractivity contribution is 5.85. The minimum atomic E-state index is -4.72. The van der Waals surface area contributed by atoms with Crippen molar-refractivity contribution in [3.63, 3.8) is 0 Å². The first kappa shape index (κ1) is 14.1. The van der Waals surface area contributed by atoms with Gasteiger partial charge in [-0.05, 0) is 6.07 Å². The molecule has 0 aromatic heterocycles. The van der Waals surface area contributed by atoms with Crippen LogP contribution in [0.4, 0.5) is 17.6 Å². The SMILES string of the molecule is Cl.N[C@@H]1CCOc2c1ccc(C(F)(F)F)c2F. The zero-order valence-corrected chi connectivity index (χ0v) is 9.37. The van der Waals surface area contributed by atoms with Gasteiger partial charge in [-0.2, -0.15) is 13.2 Å². The van der Waals surface area contributed by atoms with E-state index in [0.717, 1.165) is 0 Å². The van der Waals surface area contributed by atoms with Crippen molar-refractivity contribution in [1.82, 2.24) is 0 Å². The Morgan fingerprint density at radius 3 is 2.53 bits per heavy atom. The summed E-state index contributed by atoms with van der Waals surface area (Å²) in [5, 5.41) is 0. The van der Waals surface area contributed by atoms with Crippen molar-refractivity contribution in [2.24, 2.45) is 5.73 Å². The number of ether oxygens (including phenoxy) is 1. The lowest BCUT2D eigenvalue weighted by Gasteiger charge is -2.24. The van der Waals surface area contributed by atoms with Crippen LogP contribution in [-0.2, 0) is 6.18 Å². The maximum absolute atomic E-state index is 13.5. The predicted molar refractivity (Wildman–Crippen MR) is 55.7 cm³/mol. The van der Waals surface area contributed by atoms with Crippen LogP contribution in [0.15, 0.2) is 12.1 Å². The molecular formula is C10H10ClF4NO. The van der Waals surface area contributed by atoms with Gasteiger partial charge in [-0.15, -0.1) is 12.4 Å². The summed E-state index contributed by atoms with van der Waals surface area (Å²) in [5.74, 6) is -1.74. The second kappa shape index (κ2) is 4.70. The summed E-state index contributed by atoms with van der Waals surface area (Å²) in [4.78, 5) is 0. The Labute approximate surface area is 101 Å². The van der Waals surface area contributed by atoms with Crippen molar-refractivity contribution >= 4 is 12.4 Å². The third-order valence-electron chi connectivity index (χ3n) is 2.51. The second-order valence-corrected chi connectivity index (χ2v) is 3.59. The van der Waals surface area contributed by atoms with Gasteiger partial charge in [0.15, 0.2) is 11.6 Å². The van der Waals surface area contributed by atoms with Crippen LogP contribution in [-0.4, -0.2) is 6.61 Å². The maximum Gasteiger partial charge on any atom is 0.419 e. The van der Waals surface area contributed by atoms with Crippen molar-refractivity contribution in [2.75, 3.05) is 6.61 Å². The molecule has 0 bridgehead atoms. The molecule has 1 aliphatic heterocycles. The predicted octanol–water partition coefficient (Wildman–Crippen LogP) is 3.05. The molecule has 0 unspecified atom stereocenters. The molecule has 0 amide bonds. The van der Waals surface area contributed by atoms with Crippen molar-refractivity contribution < 1.29 is 22.3 Å². The zero-order valence-electron chi connectivity index (χ0n) is 8.55. The van der Waals surface area contributed by atoms with E-state index in [-0.39, 0.29) is 30.3 Å². The van der Waals surface area contributed by atoms with Gasteiger partial charge in [0.25, 0.3) is 0 Å². The molecule has 0 spiro atoms. The average Bonchev–Trinajstić information content (AvgIpc) is 2.18. The summed E-state index contributed by atoms with van der Waals surface area (Å²) >= 11 is 0. The van der Waals surface area contributed by atoms with Gasteiger partial charge in [0, 0.05) is 18.0 Å². The Morgan fingerprint density at radius 2 is 1.94 bits per heavy atom. The normalized spacial score (nSPS) is 19.0. The van der Waals surface area contributed by atoms with E-state index in [0.29, 0.717) is 12.5 Å². The first-order valence-electron chi connectivity index (χ1n) is 4.69. The monoisotopic (exact) mass is 271 g/mol. The average molecular weight is 272 g/mol. The standard InChI is InChI=1S/C10H9F4NO.ClH/c11-8-6(10(12,13)14)2-1-5-7(15)3-4-16-9(5)8;/h1-2,7H,3-4,15H2;1H/t7-;/m1./s1. The summed E-state index contributed by atoms with van der Waals surface area (Å²) < 4.78 is 55.6. The van der Waals surface area contributed by atoms with Gasteiger partial charge in [0.1, 0.15) is 0 Å². The van der Waals surface area contributed by atoms with Crippen LogP contribution >= 0.6 is 12.4 Å². The molecule has 0 fully saturated rings. The number of alkyl halides is 3. The lowest BCUT2D eigenvalue weighted by Crippen LogP contribution is -2.22. The second-order valence-electron chi connectivity index (χ2n) is 3.59. The molecule has 96 valence electrons. The van der Waals surface area contributed by atoms with E-state index in [2.05, 4.69) is 0 Å². The Kier molecular flexibility index (Phi) is 3.88. The van der Waals surface area contributed by atoms with E-state index in [1.165, 1.54) is 6.07 Å². The molecule has 2 N–H and O–H groups in total. The van der Waals surface area contributed by atoms with E-state index in [4.69, 9.17) is 10.5 Å². The number of halogens is 5. The molecule has 0 aliphatic carbocycles. The molecule has 1 aromatic rings. The molecule has 1 atom stereocenters. The van der Waals surface area contributed by atoms with Gasteiger partial charge in [-0.3, -0.25) is 0 Å². The Morgan fingerprint density at radius 1 is 1.29 bits per heavy atom. The summed E-state index contributed by atoms with van der Waals surface area (Å²) in [5.41, 5.74) is 4.62. The molecule has 0 radical (unpaired) electrons. The van der Waals surface area contributed by atoms with E-state index >= 15 is 0 Å². The number of nitrogens with two attached hydrogens (primary N) is 1. The van der Waals surface area contributed by atoms with Crippen molar-refractivity contribution in [1.29, 1.82) is 0 Å². The molecular weight excluding hydrogens is 262 g/mol. The van der Waals surface area contributed by atoms with Crippen molar-refractivity contribution in [3.05, 3.63) is 29.1 Å². The Bertz CT molecular complexity index is 422. The molecule has 1 aromatic carbocycles. The number of fused-ring (bicyclic) bond motifs is 1. The third kappa shape index (κ3) is 2.47. The van der Waals surface area contributed by atoms with Gasteiger partial charge >= 0.3 is 6.18 Å². The smallest absolute Gasteiger partial charge is 0.419 e. The number of rotatable bonds is 0. The topological polar surface area (TPSA) is 35.2 Å². The molecule has 17 heavy (non-hydrogen) atoms. The van der Waals surface area contributed by atoms with Gasteiger partial charge in [0.2, 0.25) is 0 Å². The van der Waals surface area contributed by atoms with Crippen molar-refractivity contribution in [3.8, 4) is 5.75 Å². The Hall–Kier alpha value is -1.01. The summed E-state index contributed by atoms with van der Waals surface area (Å²) in [7, 11) is 0. The summed E-state index contributed by atoms with van der Waals surface area (Å²) in [6.07, 6.45) is -4.25. The Balaban J connectivity index is 0.00000144. The van der Waals surface area contributed by atoms with E-state index in [1.807, 2.05) is 0 Å². The van der Waals surface area contributed by atoms with Gasteiger partial charge in [-0.25, -0.2) is 4.39 Å². The van der Waals surface area contributed by atoms with Crippen LogP contribution in [0, 0.1) is 5.82 Å². The lowest BCUT2D eigenvalue weighted by molar-refractivity contribution is -0.140. The molecule has 0 saturated heterocycles. The van der Waals surface area contributed by atoms with E-state index in [1.54, 1.807) is 0 Å². The minimum absolute atomic E-state index is 0. The number of hydrogen-bond donors (Lipinski definition) is 1. The third-order valence-corrected chi connectivity index (χ3v) is 2.51. The first-order valence-corrected chi connectivity index (χ1v) is 4.69. The summed E-state index contributed by atoms with van der Waals surface area (Å²) in [6, 6.07) is 1.40. The zero-order chi connectivity index (χ0) is 11.9. The maximum atomic E-state index is 13.5. The largest absolute Gasteiger partial charge is 0.490 e. The van der Waals surface area contributed by atoms with Crippen LogP contribution in [0.1, 0.15) is 23.6 Å². The molecule has 2 nitrogen and oxygen atoms in total. The molecule has 2 rings (SSSR count). The van der Waals surface area contributed by atoms with Crippen LogP contribution in [0.5, 0.6) is 5.75 Å². The minimum Gasteiger partial charge on any atom is -0.490 e. The first-order chi connectivity index (χ1) is 7.41. The molecule has 7 heteroatoms. The molecule has 1 heterocycles. The van der Waals surface area contributed by atoms with Crippen LogP contribution in [0.3, 0.4) is 0 Å². The molecule has 1 aliphatic rings. The number of benzene rings is 1. The van der Waals surface area contributed by atoms with E-state index < -0.39 is 23.6 Å². The van der Waals surface area contributed by atoms with Crippen LogP contribution in [0.25, 0.3) is 0 Å². The van der Waals surface area contributed by atoms with E-state index in [9.17, 15) is 17.6 Å². The summed E-state index contributed by atoms with van der Waals surface area (Å²) in [6.45, 7) is 0.131. The quantitative estimate of drug-likeness (QED) is 0.736. The van der Waals surface area contributed by atoms with Gasteiger partial charge < -0.3 is 10.5 Å². The highest BCUT2D eigenvalue weighted by atomic mass is 35.5. The van der Waals surface area contributed by atoms with Gasteiger partial charge in [-0.1, -0.05) is 6.07 Å². The van der Waals surface area contributed by atoms with Gasteiger partial charge in [0.05, 0.1) is 12.2 Å². The van der Waals surface area contributed by atoms with Crippen LogP contribution < -0.4 is 10.5 Å². The lowest BCUT2D eigenvalue weighted by atomic mass is 9.99.